The lowest BCUT2D eigenvalue weighted by molar-refractivity contribution is 0.339. The summed E-state index contributed by atoms with van der Waals surface area (Å²) in [4.78, 5) is 0. The van der Waals surface area contributed by atoms with Crippen LogP contribution >= 0.6 is 0 Å². The van der Waals surface area contributed by atoms with Crippen molar-refractivity contribution in [2.45, 2.75) is 39.0 Å². The summed E-state index contributed by atoms with van der Waals surface area (Å²) < 4.78 is 11.3. The second-order valence-electron chi connectivity index (χ2n) is 14.5. The van der Waals surface area contributed by atoms with Gasteiger partial charge in [-0.05, 0) is 116 Å². The Kier molecular flexibility index (Phi) is 7.54. The number of hydrogen-bond acceptors (Lipinski definition) is 1. The molecule has 256 valence electrons. The fourth-order valence-corrected chi connectivity index (χ4v) is 8.61. The molecular weight excluding hydrogens is 645 g/mol. The van der Waals surface area contributed by atoms with E-state index in [1.54, 1.807) is 0 Å². The Hall–Kier alpha value is -6.32. The van der Waals surface area contributed by atoms with E-state index in [9.17, 15) is 0 Å². The van der Waals surface area contributed by atoms with Gasteiger partial charge in [0.25, 0.3) is 0 Å². The van der Waals surface area contributed by atoms with Crippen molar-refractivity contribution in [1.29, 1.82) is 0 Å². The predicted molar refractivity (Wildman–Crippen MR) is 223 cm³/mol. The van der Waals surface area contributed by atoms with Gasteiger partial charge in [0.1, 0.15) is 11.5 Å². The zero-order valence-electron chi connectivity index (χ0n) is 30.0. The third-order valence-corrected chi connectivity index (χ3v) is 11.2. The number of fused-ring (bicyclic) bond motifs is 6. The van der Waals surface area contributed by atoms with Crippen molar-refractivity contribution in [1.82, 2.24) is 9.13 Å². The molecule has 2 aromatic heterocycles. The highest BCUT2D eigenvalue weighted by molar-refractivity contribution is 6.10. The molecule has 3 aliphatic rings. The number of nitrogens with zero attached hydrogens (tertiary/aromatic N) is 2. The Morgan fingerprint density at radius 2 is 1.36 bits per heavy atom. The van der Waals surface area contributed by atoms with Gasteiger partial charge in [-0.2, -0.15) is 0 Å². The van der Waals surface area contributed by atoms with Crippen LogP contribution in [-0.4, -0.2) is 9.13 Å². The molecule has 0 fully saturated rings. The largest absolute Gasteiger partial charge is 0.461 e. The Morgan fingerprint density at radius 1 is 0.679 bits per heavy atom. The van der Waals surface area contributed by atoms with Crippen LogP contribution in [0.4, 0.5) is 0 Å². The summed E-state index contributed by atoms with van der Waals surface area (Å²) >= 11 is 0. The zero-order valence-corrected chi connectivity index (χ0v) is 30.0. The number of rotatable bonds is 6. The van der Waals surface area contributed by atoms with E-state index in [4.69, 9.17) is 4.74 Å². The van der Waals surface area contributed by atoms with Crippen molar-refractivity contribution >= 4 is 44.4 Å². The van der Waals surface area contributed by atoms with Crippen LogP contribution in [0.2, 0.25) is 0 Å². The van der Waals surface area contributed by atoms with E-state index in [0.717, 1.165) is 54.8 Å². The quantitative estimate of drug-likeness (QED) is 0.160. The molecule has 0 spiro atoms. The number of hydrogen-bond donors (Lipinski definition) is 0. The van der Waals surface area contributed by atoms with Crippen molar-refractivity contribution in [3.05, 3.63) is 192 Å². The lowest BCUT2D eigenvalue weighted by Gasteiger charge is -2.15. The molecule has 0 saturated carbocycles. The molecule has 7 aromatic rings. The van der Waals surface area contributed by atoms with Gasteiger partial charge in [0.15, 0.2) is 0 Å². The number of benzene rings is 5. The summed E-state index contributed by atoms with van der Waals surface area (Å²) in [7, 11) is 0. The summed E-state index contributed by atoms with van der Waals surface area (Å²) in [5.41, 5.74) is 16.1. The van der Waals surface area contributed by atoms with Crippen LogP contribution in [0.25, 0.3) is 66.9 Å². The van der Waals surface area contributed by atoms with Crippen LogP contribution in [0.1, 0.15) is 48.1 Å². The van der Waals surface area contributed by atoms with E-state index < -0.39 is 0 Å². The fourth-order valence-electron chi connectivity index (χ4n) is 8.61. The molecular formula is C50H40N2O. The fraction of sp³-hybridized carbons (Fsp3) is 0.120. The second kappa shape index (κ2) is 12.7. The van der Waals surface area contributed by atoms with Crippen LogP contribution < -0.4 is 0 Å². The van der Waals surface area contributed by atoms with Gasteiger partial charge in [0.05, 0.1) is 16.6 Å². The van der Waals surface area contributed by atoms with Gasteiger partial charge in [-0.15, -0.1) is 0 Å². The van der Waals surface area contributed by atoms with Crippen molar-refractivity contribution < 1.29 is 4.74 Å². The number of ether oxygens (including phenoxy) is 1. The zero-order chi connectivity index (χ0) is 35.5. The van der Waals surface area contributed by atoms with E-state index in [-0.39, 0.29) is 0 Å². The number of aromatic nitrogens is 2. The van der Waals surface area contributed by atoms with E-state index >= 15 is 0 Å². The Morgan fingerprint density at radius 3 is 2.15 bits per heavy atom. The maximum Gasteiger partial charge on any atom is 0.126 e. The molecule has 0 atom stereocenters. The summed E-state index contributed by atoms with van der Waals surface area (Å²) in [6, 6.07) is 40.6. The first kappa shape index (κ1) is 31.4. The molecule has 0 saturated heterocycles. The Balaban J connectivity index is 1.05. The van der Waals surface area contributed by atoms with E-state index in [2.05, 4.69) is 162 Å². The summed E-state index contributed by atoms with van der Waals surface area (Å²) in [6.45, 7) is 6.07. The molecule has 0 N–H and O–H groups in total. The average Bonchev–Trinajstić information content (AvgIpc) is 3.88. The first-order valence-electron chi connectivity index (χ1n) is 18.8. The molecule has 3 heterocycles. The van der Waals surface area contributed by atoms with E-state index in [1.165, 1.54) is 77.6 Å². The Labute approximate surface area is 310 Å². The third-order valence-electron chi connectivity index (χ3n) is 11.2. The predicted octanol–water partition coefficient (Wildman–Crippen LogP) is 13.1. The van der Waals surface area contributed by atoms with Gasteiger partial charge in [-0.25, -0.2) is 0 Å². The molecule has 1 aliphatic heterocycles. The lowest BCUT2D eigenvalue weighted by Crippen LogP contribution is -2.03. The average molecular weight is 685 g/mol. The second-order valence-corrected chi connectivity index (χ2v) is 14.5. The van der Waals surface area contributed by atoms with Gasteiger partial charge < -0.3 is 13.9 Å². The number of para-hydroxylation sites is 1. The molecule has 3 heteroatoms. The van der Waals surface area contributed by atoms with Crippen LogP contribution in [-0.2, 0) is 11.2 Å². The SMILES string of the molecule is C=C/C=C\C(=C1/CC2=C(C=CCC2)O1)c1ccc(-n2c3c(c4cc(-c5ccc6c(c5)c5ccccc5n6-c5ccc(C)cc5)ccc42)C=CCC3)cc1. The molecule has 0 unspecified atom stereocenters. The maximum atomic E-state index is 6.40. The van der Waals surface area contributed by atoms with Gasteiger partial charge in [-0.1, -0.05) is 103 Å². The summed E-state index contributed by atoms with van der Waals surface area (Å²) in [5.74, 6) is 2.05. The van der Waals surface area contributed by atoms with Crippen LogP contribution in [0.15, 0.2) is 169 Å². The first-order valence-corrected chi connectivity index (χ1v) is 18.8. The van der Waals surface area contributed by atoms with Gasteiger partial charge >= 0.3 is 0 Å². The summed E-state index contributed by atoms with van der Waals surface area (Å²) in [5, 5.41) is 3.83. The van der Waals surface area contributed by atoms with Gasteiger partial charge in [-0.3, -0.25) is 0 Å². The normalized spacial score (nSPS) is 16.2. The maximum absolute atomic E-state index is 6.40. The highest BCUT2D eigenvalue weighted by Gasteiger charge is 2.24. The van der Waals surface area contributed by atoms with Crippen LogP contribution in [0, 0.1) is 6.92 Å². The van der Waals surface area contributed by atoms with Crippen molar-refractivity contribution in [3.8, 4) is 22.5 Å². The third kappa shape index (κ3) is 5.26. The lowest BCUT2D eigenvalue weighted by atomic mass is 9.97. The minimum atomic E-state index is 0.865. The first-order chi connectivity index (χ1) is 26.1. The van der Waals surface area contributed by atoms with Crippen LogP contribution in [0.3, 0.4) is 0 Å². The van der Waals surface area contributed by atoms with Gasteiger partial charge in [0, 0.05) is 50.8 Å². The highest BCUT2D eigenvalue weighted by atomic mass is 16.5. The highest BCUT2D eigenvalue weighted by Crippen LogP contribution is 2.41. The van der Waals surface area contributed by atoms with E-state index in [0.29, 0.717) is 0 Å². The molecule has 2 aliphatic carbocycles. The summed E-state index contributed by atoms with van der Waals surface area (Å²) in [6.07, 6.45) is 20.0. The van der Waals surface area contributed by atoms with Crippen molar-refractivity contribution in [2.24, 2.45) is 0 Å². The monoisotopic (exact) mass is 684 g/mol. The van der Waals surface area contributed by atoms with E-state index in [1.807, 2.05) is 12.2 Å². The number of allylic oxidation sites excluding steroid dienone is 8. The topological polar surface area (TPSA) is 19.1 Å². The number of aryl methyl sites for hydroxylation is 1. The van der Waals surface area contributed by atoms with Crippen molar-refractivity contribution in [2.75, 3.05) is 0 Å². The smallest absolute Gasteiger partial charge is 0.126 e. The minimum absolute atomic E-state index is 0.865. The molecule has 53 heavy (non-hydrogen) atoms. The molecule has 5 aromatic carbocycles. The van der Waals surface area contributed by atoms with Gasteiger partial charge in [0.2, 0.25) is 0 Å². The molecule has 10 rings (SSSR count). The standard InChI is InChI=1S/C50H40N2O/c1-3-4-12-40(50-32-37-11-5-10-17-49(37)53-50)34-20-26-39(27-21-34)52-46-16-9-7-14-42(46)44-31-36(23-29-48(44)52)35-22-28-47-43(30-35)41-13-6-8-15-45(41)51(47)38-24-18-33(2)19-25-38/h3-4,6-8,10,12-15,17-31H,1,5,9,11,16,32H2,2H3/b12-4-,50-40-. The molecule has 3 nitrogen and oxygen atoms in total. The molecule has 0 bridgehead atoms. The Bertz CT molecular complexity index is 2770. The minimum Gasteiger partial charge on any atom is -0.461 e. The van der Waals surface area contributed by atoms with Crippen molar-refractivity contribution in [3.63, 3.8) is 0 Å². The molecule has 0 radical (unpaired) electrons. The van der Waals surface area contributed by atoms with Crippen LogP contribution in [0.5, 0.6) is 0 Å². The molecule has 0 amide bonds.